The van der Waals surface area contributed by atoms with Gasteiger partial charge in [-0.1, -0.05) is 30.3 Å². The fraction of sp³-hybridized carbons (Fsp3) is 0.133. The standard InChI is InChI=1S/C15H15FN2O/c1-18(2)15(19)17-14-6-4-3-5-13(14)11-7-9-12(16)10-8-11/h3-10H,1-2H3,(H,17,19). The third kappa shape index (κ3) is 3.10. The number of hydrogen-bond donors (Lipinski definition) is 1. The van der Waals surface area contributed by atoms with E-state index in [-0.39, 0.29) is 11.8 Å². The maximum Gasteiger partial charge on any atom is 0.321 e. The molecule has 0 fully saturated rings. The van der Waals surface area contributed by atoms with Crippen molar-refractivity contribution in [2.24, 2.45) is 0 Å². The molecule has 3 nitrogen and oxygen atoms in total. The third-order valence-corrected chi connectivity index (χ3v) is 2.73. The second-order valence-corrected chi connectivity index (χ2v) is 4.38. The lowest BCUT2D eigenvalue weighted by Crippen LogP contribution is -2.27. The zero-order valence-electron chi connectivity index (χ0n) is 10.9. The summed E-state index contributed by atoms with van der Waals surface area (Å²) >= 11 is 0. The Morgan fingerprint density at radius 1 is 1.05 bits per heavy atom. The molecule has 0 radical (unpaired) electrons. The molecule has 2 rings (SSSR count). The molecule has 0 bridgehead atoms. The van der Waals surface area contributed by atoms with Gasteiger partial charge in [0, 0.05) is 19.7 Å². The lowest BCUT2D eigenvalue weighted by molar-refractivity contribution is 0.230. The predicted molar refractivity (Wildman–Crippen MR) is 74.5 cm³/mol. The summed E-state index contributed by atoms with van der Waals surface area (Å²) in [6.45, 7) is 0. The van der Waals surface area contributed by atoms with Crippen LogP contribution in [-0.4, -0.2) is 25.0 Å². The number of urea groups is 1. The smallest absolute Gasteiger partial charge is 0.321 e. The lowest BCUT2D eigenvalue weighted by atomic mass is 10.0. The van der Waals surface area contributed by atoms with Crippen molar-refractivity contribution in [3.8, 4) is 11.1 Å². The highest BCUT2D eigenvalue weighted by Crippen LogP contribution is 2.27. The molecule has 0 aliphatic rings. The van der Waals surface area contributed by atoms with Crippen LogP contribution in [0.3, 0.4) is 0 Å². The van der Waals surface area contributed by atoms with Crippen LogP contribution in [0.2, 0.25) is 0 Å². The average Bonchev–Trinajstić information content (AvgIpc) is 2.40. The van der Waals surface area contributed by atoms with E-state index in [4.69, 9.17) is 0 Å². The Morgan fingerprint density at radius 3 is 2.32 bits per heavy atom. The topological polar surface area (TPSA) is 32.3 Å². The summed E-state index contributed by atoms with van der Waals surface area (Å²) in [6, 6.07) is 13.4. The van der Waals surface area contributed by atoms with Gasteiger partial charge in [-0.05, 0) is 23.8 Å². The summed E-state index contributed by atoms with van der Waals surface area (Å²) in [6.07, 6.45) is 0. The normalized spacial score (nSPS) is 10.1. The van der Waals surface area contributed by atoms with E-state index >= 15 is 0 Å². The number of halogens is 1. The van der Waals surface area contributed by atoms with Gasteiger partial charge in [-0.3, -0.25) is 0 Å². The molecular weight excluding hydrogens is 243 g/mol. The summed E-state index contributed by atoms with van der Waals surface area (Å²) in [4.78, 5) is 13.2. The Kier molecular flexibility index (Phi) is 3.80. The van der Waals surface area contributed by atoms with Gasteiger partial charge in [-0.25, -0.2) is 9.18 Å². The van der Waals surface area contributed by atoms with Crippen LogP contribution in [0.1, 0.15) is 0 Å². The fourth-order valence-corrected chi connectivity index (χ4v) is 1.70. The Balaban J connectivity index is 2.36. The van der Waals surface area contributed by atoms with E-state index in [0.717, 1.165) is 11.1 Å². The minimum absolute atomic E-state index is 0.199. The van der Waals surface area contributed by atoms with E-state index < -0.39 is 0 Å². The number of carbonyl (C=O) groups excluding carboxylic acids is 1. The Labute approximate surface area is 111 Å². The fourth-order valence-electron chi connectivity index (χ4n) is 1.70. The van der Waals surface area contributed by atoms with Gasteiger partial charge >= 0.3 is 6.03 Å². The van der Waals surface area contributed by atoms with Crippen LogP contribution in [0.4, 0.5) is 14.9 Å². The highest BCUT2D eigenvalue weighted by atomic mass is 19.1. The molecule has 2 amide bonds. The number of nitrogens with one attached hydrogen (secondary N) is 1. The van der Waals surface area contributed by atoms with E-state index in [0.29, 0.717) is 5.69 Å². The van der Waals surface area contributed by atoms with Crippen LogP contribution < -0.4 is 5.32 Å². The van der Waals surface area contributed by atoms with Crippen LogP contribution in [0, 0.1) is 5.82 Å². The Hall–Kier alpha value is -2.36. The highest BCUT2D eigenvalue weighted by Gasteiger charge is 2.09. The molecule has 0 saturated heterocycles. The van der Waals surface area contributed by atoms with E-state index in [1.165, 1.54) is 17.0 Å². The van der Waals surface area contributed by atoms with Crippen molar-refractivity contribution in [1.82, 2.24) is 4.90 Å². The number of anilines is 1. The third-order valence-electron chi connectivity index (χ3n) is 2.73. The van der Waals surface area contributed by atoms with Gasteiger partial charge < -0.3 is 10.2 Å². The van der Waals surface area contributed by atoms with Gasteiger partial charge in [0.2, 0.25) is 0 Å². The van der Waals surface area contributed by atoms with Crippen LogP contribution >= 0.6 is 0 Å². The van der Waals surface area contributed by atoms with Gasteiger partial charge in [0.25, 0.3) is 0 Å². The molecular formula is C15H15FN2O. The first-order chi connectivity index (χ1) is 9.08. The molecule has 0 heterocycles. The van der Waals surface area contributed by atoms with Crippen molar-refractivity contribution >= 4 is 11.7 Å². The van der Waals surface area contributed by atoms with Crippen LogP contribution in [-0.2, 0) is 0 Å². The molecule has 19 heavy (non-hydrogen) atoms. The SMILES string of the molecule is CN(C)C(=O)Nc1ccccc1-c1ccc(F)cc1. The number of para-hydroxylation sites is 1. The molecule has 0 aliphatic carbocycles. The maximum atomic E-state index is 12.9. The quantitative estimate of drug-likeness (QED) is 0.877. The van der Waals surface area contributed by atoms with Crippen molar-refractivity contribution in [2.45, 2.75) is 0 Å². The van der Waals surface area contributed by atoms with Gasteiger partial charge in [0.05, 0.1) is 5.69 Å². The summed E-state index contributed by atoms with van der Waals surface area (Å²) < 4.78 is 12.9. The highest BCUT2D eigenvalue weighted by molar-refractivity contribution is 5.94. The molecule has 0 aromatic heterocycles. The van der Waals surface area contributed by atoms with E-state index in [2.05, 4.69) is 5.32 Å². The minimum Gasteiger partial charge on any atom is -0.331 e. The van der Waals surface area contributed by atoms with Gasteiger partial charge in [0.15, 0.2) is 0 Å². The van der Waals surface area contributed by atoms with Gasteiger partial charge in [-0.2, -0.15) is 0 Å². The van der Waals surface area contributed by atoms with Crippen LogP contribution in [0.25, 0.3) is 11.1 Å². The Morgan fingerprint density at radius 2 is 1.68 bits per heavy atom. The average molecular weight is 258 g/mol. The molecule has 4 heteroatoms. The lowest BCUT2D eigenvalue weighted by Gasteiger charge is -2.15. The number of nitrogens with zero attached hydrogens (tertiary/aromatic N) is 1. The maximum absolute atomic E-state index is 12.9. The van der Waals surface area contributed by atoms with E-state index in [1.807, 2.05) is 24.3 Å². The van der Waals surface area contributed by atoms with Crippen molar-refractivity contribution < 1.29 is 9.18 Å². The Bertz CT molecular complexity index is 579. The minimum atomic E-state index is -0.279. The second-order valence-electron chi connectivity index (χ2n) is 4.38. The monoisotopic (exact) mass is 258 g/mol. The first-order valence-corrected chi connectivity index (χ1v) is 5.91. The number of carbonyl (C=O) groups is 1. The van der Waals surface area contributed by atoms with Crippen molar-refractivity contribution in [3.05, 3.63) is 54.3 Å². The number of amides is 2. The van der Waals surface area contributed by atoms with Crippen molar-refractivity contribution in [1.29, 1.82) is 0 Å². The summed E-state index contributed by atoms with van der Waals surface area (Å²) in [5, 5.41) is 2.82. The first-order valence-electron chi connectivity index (χ1n) is 5.91. The number of benzene rings is 2. The number of rotatable bonds is 2. The molecule has 2 aromatic carbocycles. The van der Waals surface area contributed by atoms with Gasteiger partial charge in [0.1, 0.15) is 5.82 Å². The summed E-state index contributed by atoms with van der Waals surface area (Å²) in [7, 11) is 3.35. The summed E-state index contributed by atoms with van der Waals surface area (Å²) in [5.41, 5.74) is 2.42. The molecule has 0 spiro atoms. The zero-order chi connectivity index (χ0) is 13.8. The largest absolute Gasteiger partial charge is 0.331 e. The zero-order valence-corrected chi connectivity index (χ0v) is 10.9. The van der Waals surface area contributed by atoms with E-state index in [9.17, 15) is 9.18 Å². The summed E-state index contributed by atoms with van der Waals surface area (Å²) in [5.74, 6) is -0.279. The first kappa shape index (κ1) is 13.1. The van der Waals surface area contributed by atoms with Crippen molar-refractivity contribution in [2.75, 3.05) is 19.4 Å². The molecule has 0 saturated carbocycles. The molecule has 2 aromatic rings. The molecule has 0 unspecified atom stereocenters. The molecule has 1 N–H and O–H groups in total. The molecule has 98 valence electrons. The predicted octanol–water partition coefficient (Wildman–Crippen LogP) is 3.59. The number of hydrogen-bond acceptors (Lipinski definition) is 1. The molecule has 0 aliphatic heterocycles. The van der Waals surface area contributed by atoms with Gasteiger partial charge in [-0.15, -0.1) is 0 Å². The second kappa shape index (κ2) is 5.52. The van der Waals surface area contributed by atoms with Crippen LogP contribution in [0.5, 0.6) is 0 Å². The van der Waals surface area contributed by atoms with Crippen LogP contribution in [0.15, 0.2) is 48.5 Å². The van der Waals surface area contributed by atoms with Crippen molar-refractivity contribution in [3.63, 3.8) is 0 Å². The van der Waals surface area contributed by atoms with E-state index in [1.54, 1.807) is 26.2 Å². The molecule has 0 atom stereocenters.